The van der Waals surface area contributed by atoms with Crippen LogP contribution in [0.5, 0.6) is 0 Å². The first-order valence-corrected chi connectivity index (χ1v) is 7.84. The molecule has 130 valence electrons. The maximum atomic E-state index is 12.1. The molecule has 3 aromatic rings. The molecule has 8 heteroatoms. The average Bonchev–Trinajstić information content (AvgIpc) is 3.19. The largest absolute Gasteiger partial charge is 0.387 e. The number of aliphatic hydroxyl groups excluding tert-OH is 1. The Kier molecular flexibility index (Phi) is 4.80. The van der Waals surface area contributed by atoms with E-state index in [2.05, 4.69) is 20.7 Å². The van der Waals surface area contributed by atoms with Crippen LogP contribution in [0.15, 0.2) is 48.8 Å². The summed E-state index contributed by atoms with van der Waals surface area (Å²) in [6, 6.07) is 10.5. The molecule has 0 fully saturated rings. The van der Waals surface area contributed by atoms with Gasteiger partial charge in [-0.15, -0.1) is 0 Å². The third-order valence-corrected chi connectivity index (χ3v) is 3.81. The zero-order chi connectivity index (χ0) is 17.8. The van der Waals surface area contributed by atoms with Crippen LogP contribution in [0, 0.1) is 0 Å². The van der Waals surface area contributed by atoms with Gasteiger partial charge in [-0.25, -0.2) is 9.78 Å². The molecule has 2 aromatic heterocycles. The molecular formula is C17H20N6O2. The van der Waals surface area contributed by atoms with Crippen LogP contribution in [-0.2, 0) is 14.1 Å². The molecule has 2 amide bonds. The summed E-state index contributed by atoms with van der Waals surface area (Å²) in [7, 11) is 3.61. The molecule has 0 saturated carbocycles. The van der Waals surface area contributed by atoms with Crippen LogP contribution in [0.4, 0.5) is 10.6 Å². The molecule has 0 saturated heterocycles. The lowest BCUT2D eigenvalue weighted by Crippen LogP contribution is -2.33. The highest BCUT2D eigenvalue weighted by Crippen LogP contribution is 2.19. The highest BCUT2D eigenvalue weighted by Gasteiger charge is 2.14. The van der Waals surface area contributed by atoms with Crippen molar-refractivity contribution >= 4 is 11.8 Å². The molecule has 0 aliphatic rings. The number of urea groups is 1. The normalized spacial score (nSPS) is 12.0. The molecule has 0 aliphatic heterocycles. The van der Waals surface area contributed by atoms with Crippen molar-refractivity contribution in [2.45, 2.75) is 6.10 Å². The van der Waals surface area contributed by atoms with Crippen LogP contribution in [0.25, 0.3) is 11.5 Å². The summed E-state index contributed by atoms with van der Waals surface area (Å²) in [5, 5.41) is 19.8. The van der Waals surface area contributed by atoms with Gasteiger partial charge in [0.15, 0.2) is 5.82 Å². The van der Waals surface area contributed by atoms with E-state index in [1.165, 1.54) is 0 Å². The number of hydrogen-bond acceptors (Lipinski definition) is 4. The molecule has 3 rings (SSSR count). The van der Waals surface area contributed by atoms with Gasteiger partial charge in [-0.3, -0.25) is 10.00 Å². The standard InChI is InChI=1S/C17H20N6O2/c1-22-9-8-18-16(22)13-10-15(23(2)21-13)20-17(25)19-11-14(24)12-6-4-3-5-7-12/h3-10,14,24H,11H2,1-2H3,(H2,19,20,25)/t14-/m1/s1. The summed E-state index contributed by atoms with van der Waals surface area (Å²) in [4.78, 5) is 16.3. The zero-order valence-electron chi connectivity index (χ0n) is 14.0. The van der Waals surface area contributed by atoms with Gasteiger partial charge >= 0.3 is 6.03 Å². The SMILES string of the molecule is Cn1ccnc1-c1cc(NC(=O)NC[C@@H](O)c2ccccc2)n(C)n1. The Morgan fingerprint density at radius 2 is 2.04 bits per heavy atom. The Bertz CT molecular complexity index is 855. The predicted molar refractivity (Wildman–Crippen MR) is 93.8 cm³/mol. The molecule has 0 aliphatic carbocycles. The summed E-state index contributed by atoms with van der Waals surface area (Å²) < 4.78 is 3.42. The molecule has 0 unspecified atom stereocenters. The van der Waals surface area contributed by atoms with Gasteiger partial charge in [0.2, 0.25) is 0 Å². The average molecular weight is 340 g/mol. The van der Waals surface area contributed by atoms with Crippen LogP contribution in [-0.4, -0.2) is 37.0 Å². The maximum absolute atomic E-state index is 12.1. The second-order valence-electron chi connectivity index (χ2n) is 5.66. The maximum Gasteiger partial charge on any atom is 0.320 e. The van der Waals surface area contributed by atoms with Crippen LogP contribution in [0.2, 0.25) is 0 Å². The van der Waals surface area contributed by atoms with Crippen molar-refractivity contribution in [1.29, 1.82) is 0 Å². The minimum Gasteiger partial charge on any atom is -0.387 e. The fourth-order valence-corrected chi connectivity index (χ4v) is 2.45. The highest BCUT2D eigenvalue weighted by atomic mass is 16.3. The number of aromatic nitrogens is 4. The van der Waals surface area contributed by atoms with E-state index in [0.29, 0.717) is 17.3 Å². The molecule has 8 nitrogen and oxygen atoms in total. The van der Waals surface area contributed by atoms with Crippen LogP contribution < -0.4 is 10.6 Å². The van der Waals surface area contributed by atoms with E-state index in [9.17, 15) is 9.90 Å². The Morgan fingerprint density at radius 3 is 2.72 bits per heavy atom. The fourth-order valence-electron chi connectivity index (χ4n) is 2.45. The number of imidazole rings is 1. The second kappa shape index (κ2) is 7.18. The van der Waals surface area contributed by atoms with E-state index in [4.69, 9.17) is 0 Å². The first-order chi connectivity index (χ1) is 12.0. The molecular weight excluding hydrogens is 320 g/mol. The topological polar surface area (TPSA) is 97.0 Å². The van der Waals surface area contributed by atoms with Gasteiger partial charge in [0.1, 0.15) is 11.5 Å². The smallest absolute Gasteiger partial charge is 0.320 e. The monoisotopic (exact) mass is 340 g/mol. The number of nitrogens with zero attached hydrogens (tertiary/aromatic N) is 4. The van der Waals surface area contributed by atoms with Crippen molar-refractivity contribution in [3.8, 4) is 11.5 Å². The number of anilines is 1. The van der Waals surface area contributed by atoms with Crippen LogP contribution in [0.1, 0.15) is 11.7 Å². The van der Waals surface area contributed by atoms with E-state index in [0.717, 1.165) is 5.56 Å². The molecule has 2 heterocycles. The van der Waals surface area contributed by atoms with Gasteiger partial charge in [0, 0.05) is 39.1 Å². The number of carbonyl (C=O) groups excluding carboxylic acids is 1. The summed E-state index contributed by atoms with van der Waals surface area (Å²) in [5.74, 6) is 1.24. The molecule has 1 aromatic carbocycles. The summed E-state index contributed by atoms with van der Waals surface area (Å²) in [5.41, 5.74) is 1.41. The predicted octanol–water partition coefficient (Wildman–Crippen LogP) is 1.68. The van der Waals surface area contributed by atoms with Crippen molar-refractivity contribution in [1.82, 2.24) is 24.6 Å². The van der Waals surface area contributed by atoms with Crippen molar-refractivity contribution in [3.63, 3.8) is 0 Å². The van der Waals surface area contributed by atoms with Gasteiger partial charge in [-0.1, -0.05) is 30.3 Å². The highest BCUT2D eigenvalue weighted by molar-refractivity contribution is 5.88. The number of amides is 2. The Labute approximate surface area is 145 Å². The molecule has 3 N–H and O–H groups in total. The van der Waals surface area contributed by atoms with Gasteiger partial charge in [0.05, 0.1) is 6.10 Å². The Morgan fingerprint density at radius 1 is 1.28 bits per heavy atom. The number of carbonyl (C=O) groups is 1. The summed E-state index contributed by atoms with van der Waals surface area (Å²) >= 11 is 0. The van der Waals surface area contributed by atoms with Crippen molar-refractivity contribution < 1.29 is 9.90 Å². The van der Waals surface area contributed by atoms with Gasteiger partial charge < -0.3 is 15.0 Å². The van der Waals surface area contributed by atoms with Crippen molar-refractivity contribution in [2.24, 2.45) is 14.1 Å². The van der Waals surface area contributed by atoms with E-state index >= 15 is 0 Å². The third kappa shape index (κ3) is 3.86. The van der Waals surface area contributed by atoms with E-state index in [1.807, 2.05) is 48.1 Å². The van der Waals surface area contributed by atoms with Crippen LogP contribution in [0.3, 0.4) is 0 Å². The molecule has 0 spiro atoms. The van der Waals surface area contributed by atoms with Crippen LogP contribution >= 0.6 is 0 Å². The van der Waals surface area contributed by atoms with Gasteiger partial charge in [-0.2, -0.15) is 5.10 Å². The zero-order valence-corrected chi connectivity index (χ0v) is 14.0. The lowest BCUT2D eigenvalue weighted by molar-refractivity contribution is 0.175. The summed E-state index contributed by atoms with van der Waals surface area (Å²) in [6.07, 6.45) is 2.76. The lowest BCUT2D eigenvalue weighted by atomic mass is 10.1. The Balaban J connectivity index is 1.60. The lowest BCUT2D eigenvalue weighted by Gasteiger charge is -2.12. The molecule has 0 radical (unpaired) electrons. The molecule has 25 heavy (non-hydrogen) atoms. The number of hydrogen-bond donors (Lipinski definition) is 3. The number of rotatable bonds is 5. The first-order valence-electron chi connectivity index (χ1n) is 7.84. The van der Waals surface area contributed by atoms with E-state index in [-0.39, 0.29) is 6.54 Å². The quantitative estimate of drug-likeness (QED) is 0.658. The van der Waals surface area contributed by atoms with Gasteiger partial charge in [0.25, 0.3) is 0 Å². The van der Waals surface area contributed by atoms with Crippen molar-refractivity contribution in [3.05, 3.63) is 54.4 Å². The second-order valence-corrected chi connectivity index (χ2v) is 5.66. The first kappa shape index (κ1) is 16.7. The number of aliphatic hydroxyl groups is 1. The van der Waals surface area contributed by atoms with E-state index < -0.39 is 12.1 Å². The Hall–Kier alpha value is -3.13. The van der Waals surface area contributed by atoms with Gasteiger partial charge in [-0.05, 0) is 5.56 Å². The minimum atomic E-state index is -0.762. The van der Waals surface area contributed by atoms with E-state index in [1.54, 1.807) is 24.0 Å². The third-order valence-electron chi connectivity index (χ3n) is 3.81. The molecule has 1 atom stereocenters. The fraction of sp³-hybridized carbons (Fsp3) is 0.235. The number of benzene rings is 1. The minimum absolute atomic E-state index is 0.111. The summed E-state index contributed by atoms with van der Waals surface area (Å²) in [6.45, 7) is 0.111. The van der Waals surface area contributed by atoms with Crippen molar-refractivity contribution in [2.75, 3.05) is 11.9 Å². The number of aryl methyl sites for hydroxylation is 2. The molecule has 0 bridgehead atoms. The number of nitrogens with one attached hydrogen (secondary N) is 2.